The van der Waals surface area contributed by atoms with Crippen LogP contribution in [0.3, 0.4) is 0 Å². The summed E-state index contributed by atoms with van der Waals surface area (Å²) in [6, 6.07) is 12.4. The summed E-state index contributed by atoms with van der Waals surface area (Å²) in [5.41, 5.74) is 1.07. The Morgan fingerprint density at radius 3 is 1.95 bits per heavy atom. The van der Waals surface area contributed by atoms with E-state index in [2.05, 4.69) is 19.2 Å². The number of carbonyl (C=O) groups excluding carboxylic acids is 3. The van der Waals surface area contributed by atoms with Crippen LogP contribution in [0, 0.1) is 0 Å². The van der Waals surface area contributed by atoms with Crippen molar-refractivity contribution in [2.75, 3.05) is 27.4 Å². The van der Waals surface area contributed by atoms with Crippen LogP contribution in [0.2, 0.25) is 0 Å². The molecule has 1 aromatic heterocycles. The van der Waals surface area contributed by atoms with Crippen molar-refractivity contribution in [3.63, 3.8) is 0 Å². The lowest BCUT2D eigenvalue weighted by molar-refractivity contribution is -0.701. The van der Waals surface area contributed by atoms with Gasteiger partial charge in [0.05, 0.1) is 38.0 Å². The molecule has 0 saturated carbocycles. The average molecular weight is 792 g/mol. The summed E-state index contributed by atoms with van der Waals surface area (Å²) in [6.07, 6.45) is 17.3. The SMILES string of the molecule is CCCCCCCCCCCCCCCC(CC)OCC(CN(C(=O)OC(CC)OC(=O)NCc1cccc[n+]1CC)C(=O)c1ccccc1OC)OC.[Cl-]. The highest BCUT2D eigenvalue weighted by Gasteiger charge is 2.32. The van der Waals surface area contributed by atoms with E-state index in [-0.39, 0.29) is 50.2 Å². The fourth-order valence-corrected chi connectivity index (χ4v) is 6.32. The summed E-state index contributed by atoms with van der Waals surface area (Å²) in [5, 5.41) is 2.71. The number of aryl methyl sites for hydroxylation is 1. The van der Waals surface area contributed by atoms with Gasteiger partial charge >= 0.3 is 12.2 Å². The second-order valence-electron chi connectivity index (χ2n) is 13.8. The number of benzene rings is 1. The number of imide groups is 1. The number of amides is 3. The molecule has 0 spiro atoms. The fraction of sp³-hybridized carbons (Fsp3) is 0.674. The largest absolute Gasteiger partial charge is 1.00 e. The molecule has 2 aromatic rings. The first-order valence-electron chi connectivity index (χ1n) is 20.5. The Morgan fingerprint density at radius 1 is 0.745 bits per heavy atom. The number of alkyl carbamates (subject to hydrolysis) is 1. The van der Waals surface area contributed by atoms with Crippen LogP contribution in [0.4, 0.5) is 9.59 Å². The van der Waals surface area contributed by atoms with Gasteiger partial charge in [-0.1, -0.05) is 122 Å². The van der Waals surface area contributed by atoms with Gasteiger partial charge in [-0.05, 0) is 31.9 Å². The highest BCUT2D eigenvalue weighted by Crippen LogP contribution is 2.22. The molecular weight excluding hydrogens is 722 g/mol. The predicted octanol–water partition coefficient (Wildman–Crippen LogP) is 6.54. The summed E-state index contributed by atoms with van der Waals surface area (Å²) in [4.78, 5) is 41.3. The van der Waals surface area contributed by atoms with Crippen molar-refractivity contribution >= 4 is 18.1 Å². The van der Waals surface area contributed by atoms with Gasteiger partial charge in [-0.15, -0.1) is 0 Å². The lowest BCUT2D eigenvalue weighted by atomic mass is 10.0. The molecular formula is C43H70ClN3O8. The molecule has 12 heteroatoms. The van der Waals surface area contributed by atoms with Gasteiger partial charge in [0.2, 0.25) is 5.69 Å². The molecule has 11 nitrogen and oxygen atoms in total. The summed E-state index contributed by atoms with van der Waals surface area (Å²) >= 11 is 0. The zero-order chi connectivity index (χ0) is 39.4. The van der Waals surface area contributed by atoms with Crippen LogP contribution in [0.25, 0.3) is 0 Å². The fourth-order valence-electron chi connectivity index (χ4n) is 6.32. The van der Waals surface area contributed by atoms with Crippen molar-refractivity contribution in [3.05, 3.63) is 59.9 Å². The minimum atomic E-state index is -1.23. The number of hydrogen-bond acceptors (Lipinski definition) is 8. The lowest BCUT2D eigenvalue weighted by Gasteiger charge is -2.28. The van der Waals surface area contributed by atoms with Crippen LogP contribution >= 0.6 is 0 Å². The summed E-state index contributed by atoms with van der Waals surface area (Å²) in [6.45, 7) is 9.10. The summed E-state index contributed by atoms with van der Waals surface area (Å²) in [7, 11) is 2.98. The van der Waals surface area contributed by atoms with Crippen LogP contribution in [0.15, 0.2) is 48.7 Å². The van der Waals surface area contributed by atoms with Gasteiger partial charge in [0.15, 0.2) is 6.20 Å². The minimum absolute atomic E-state index is 0. The Hall–Kier alpha value is -3.41. The van der Waals surface area contributed by atoms with E-state index in [0.29, 0.717) is 5.75 Å². The molecule has 1 N–H and O–H groups in total. The second-order valence-corrected chi connectivity index (χ2v) is 13.8. The third-order valence-corrected chi connectivity index (χ3v) is 9.72. The molecule has 0 fully saturated rings. The van der Waals surface area contributed by atoms with Crippen molar-refractivity contribution in [1.82, 2.24) is 10.2 Å². The number of nitrogens with zero attached hydrogens (tertiary/aromatic N) is 2. The topological polar surface area (TPSA) is 117 Å². The maximum Gasteiger partial charge on any atom is 0.419 e. The number of unbranched alkanes of at least 4 members (excludes halogenated alkanes) is 12. The molecule has 0 aliphatic carbocycles. The smallest absolute Gasteiger partial charge is 0.419 e. The molecule has 312 valence electrons. The lowest BCUT2D eigenvalue weighted by Crippen LogP contribution is -3.00. The van der Waals surface area contributed by atoms with Gasteiger partial charge in [0.1, 0.15) is 18.8 Å². The Morgan fingerprint density at radius 2 is 1.36 bits per heavy atom. The molecule has 0 aliphatic rings. The van der Waals surface area contributed by atoms with Crippen molar-refractivity contribution in [2.24, 2.45) is 0 Å². The minimum Gasteiger partial charge on any atom is -1.00 e. The Balaban J connectivity index is 0.0000151. The zero-order valence-electron chi connectivity index (χ0n) is 34.5. The molecule has 0 saturated heterocycles. The number of nitrogens with one attached hydrogen (secondary N) is 1. The molecule has 3 unspecified atom stereocenters. The summed E-state index contributed by atoms with van der Waals surface area (Å²) < 4.78 is 30.5. The number of aromatic nitrogens is 1. The van der Waals surface area contributed by atoms with Crippen molar-refractivity contribution in [3.8, 4) is 5.75 Å². The van der Waals surface area contributed by atoms with E-state index in [9.17, 15) is 14.4 Å². The molecule has 3 atom stereocenters. The first-order valence-corrected chi connectivity index (χ1v) is 20.5. The number of rotatable bonds is 29. The van der Waals surface area contributed by atoms with Crippen LogP contribution in [0.1, 0.15) is 146 Å². The number of halogens is 1. The molecule has 2 rings (SSSR count). The normalized spacial score (nSPS) is 12.5. The number of carbonyl (C=O) groups is 3. The molecule has 1 aromatic carbocycles. The molecule has 0 aliphatic heterocycles. The maximum absolute atomic E-state index is 13.9. The number of methoxy groups -OCH3 is 2. The maximum atomic E-state index is 13.9. The molecule has 1 heterocycles. The first-order chi connectivity index (χ1) is 26.3. The number of hydrogen-bond donors (Lipinski definition) is 1. The third-order valence-electron chi connectivity index (χ3n) is 9.72. The van der Waals surface area contributed by atoms with Gasteiger partial charge in [0.25, 0.3) is 12.2 Å². The number of ether oxygens (including phenoxy) is 5. The van der Waals surface area contributed by atoms with Crippen LogP contribution in [-0.4, -0.2) is 68.9 Å². The Labute approximate surface area is 337 Å². The Kier molecular flexibility index (Phi) is 27.8. The monoisotopic (exact) mass is 791 g/mol. The molecule has 0 radical (unpaired) electrons. The zero-order valence-corrected chi connectivity index (χ0v) is 35.3. The van der Waals surface area contributed by atoms with Crippen LogP contribution < -0.4 is 27.0 Å². The standard InChI is InChI=1S/C43H69N3O8.ClH/c1-7-11-12-13-14-15-16-17-18-19-20-21-22-28-36(8-2)52-34-37(50-5)33-46(41(47)38-29-23-24-30-39(38)51-6)43(49)54-40(9-3)53-42(48)44-32-35-27-25-26-31-45(35)10-4;/h23-27,29-31,36-37,40H,7-22,28,32-34H2,1-6H3;1H. The van der Waals surface area contributed by atoms with Gasteiger partial charge < -0.3 is 41.4 Å². The van der Waals surface area contributed by atoms with E-state index in [4.69, 9.17) is 23.7 Å². The van der Waals surface area contributed by atoms with Gasteiger partial charge in [-0.2, -0.15) is 0 Å². The highest BCUT2D eigenvalue weighted by molar-refractivity contribution is 6.04. The molecule has 55 heavy (non-hydrogen) atoms. The van der Waals surface area contributed by atoms with Crippen LogP contribution in [0.5, 0.6) is 5.75 Å². The quantitative estimate of drug-likeness (QED) is 0.0562. The first kappa shape index (κ1) is 49.6. The van der Waals surface area contributed by atoms with Gasteiger partial charge in [-0.3, -0.25) is 4.79 Å². The molecule has 3 amide bonds. The highest BCUT2D eigenvalue weighted by atomic mass is 35.5. The second kappa shape index (κ2) is 30.8. The van der Waals surface area contributed by atoms with Crippen LogP contribution in [-0.2, 0) is 32.0 Å². The van der Waals surface area contributed by atoms with E-state index in [0.717, 1.165) is 36.4 Å². The van der Waals surface area contributed by atoms with Gasteiger partial charge in [0, 0.05) is 25.7 Å². The number of para-hydroxylation sites is 1. The van der Waals surface area contributed by atoms with Crippen molar-refractivity contribution in [1.29, 1.82) is 0 Å². The van der Waals surface area contributed by atoms with E-state index in [1.54, 1.807) is 31.2 Å². The Bertz CT molecular complexity index is 1330. The van der Waals surface area contributed by atoms with Crippen molar-refractivity contribution < 1.29 is 55.0 Å². The van der Waals surface area contributed by atoms with Crippen molar-refractivity contribution in [2.45, 2.75) is 162 Å². The third kappa shape index (κ3) is 19.8. The number of pyridine rings is 1. The molecule has 0 bridgehead atoms. The van der Waals surface area contributed by atoms with E-state index in [1.165, 1.54) is 91.3 Å². The summed E-state index contributed by atoms with van der Waals surface area (Å²) in [5.74, 6) is -0.326. The average Bonchev–Trinajstić information content (AvgIpc) is 3.20. The van der Waals surface area contributed by atoms with E-state index < -0.39 is 30.5 Å². The van der Waals surface area contributed by atoms with E-state index >= 15 is 0 Å². The van der Waals surface area contributed by atoms with E-state index in [1.807, 2.05) is 35.9 Å². The van der Waals surface area contributed by atoms with Gasteiger partial charge in [-0.25, -0.2) is 19.1 Å². The predicted molar refractivity (Wildman–Crippen MR) is 211 cm³/mol.